The van der Waals surface area contributed by atoms with Crippen LogP contribution in [-0.2, 0) is 9.59 Å². The van der Waals surface area contributed by atoms with Gasteiger partial charge in [-0.3, -0.25) is 9.59 Å². The Morgan fingerprint density at radius 2 is 1.76 bits per heavy atom. The van der Waals surface area contributed by atoms with E-state index in [4.69, 9.17) is 0 Å². The third-order valence-corrected chi connectivity index (χ3v) is 6.71. The molecule has 3 fully saturated rings. The summed E-state index contributed by atoms with van der Waals surface area (Å²) < 4.78 is 0. The van der Waals surface area contributed by atoms with E-state index in [9.17, 15) is 9.59 Å². The van der Waals surface area contributed by atoms with Gasteiger partial charge in [-0.2, -0.15) is 0 Å². The highest BCUT2D eigenvalue weighted by atomic mass is 16.2. The van der Waals surface area contributed by atoms with Crippen molar-refractivity contribution in [3.05, 3.63) is 0 Å². The first-order valence-electron chi connectivity index (χ1n) is 10.6. The molecule has 2 aliphatic carbocycles. The van der Waals surface area contributed by atoms with Gasteiger partial charge in [-0.15, -0.1) is 0 Å². The van der Waals surface area contributed by atoms with Crippen LogP contribution in [0.3, 0.4) is 0 Å². The highest BCUT2D eigenvalue weighted by molar-refractivity contribution is 5.88. The van der Waals surface area contributed by atoms with E-state index in [-0.39, 0.29) is 23.7 Å². The summed E-state index contributed by atoms with van der Waals surface area (Å²) in [7, 11) is 0. The number of rotatable bonds is 6. The lowest BCUT2D eigenvalue weighted by atomic mass is 9.67. The van der Waals surface area contributed by atoms with E-state index in [0.717, 1.165) is 38.1 Å². The van der Waals surface area contributed by atoms with E-state index < -0.39 is 0 Å². The van der Waals surface area contributed by atoms with Crippen molar-refractivity contribution in [3.8, 4) is 0 Å². The fourth-order valence-electron chi connectivity index (χ4n) is 4.94. The van der Waals surface area contributed by atoms with Gasteiger partial charge in [-0.25, -0.2) is 0 Å². The van der Waals surface area contributed by atoms with Crippen molar-refractivity contribution in [1.29, 1.82) is 0 Å². The number of hydrogen-bond donors (Lipinski definition) is 1. The SMILES string of the molecule is CC(C)CCN1CCC(CNC(=O)C2CC3CCCC(C2)C3=O)CC1. The molecule has 142 valence electrons. The minimum atomic E-state index is 0.0825. The van der Waals surface area contributed by atoms with Gasteiger partial charge in [0.05, 0.1) is 0 Å². The third kappa shape index (κ3) is 5.06. The smallest absolute Gasteiger partial charge is 0.223 e. The second kappa shape index (κ2) is 8.66. The minimum Gasteiger partial charge on any atom is -0.356 e. The highest BCUT2D eigenvalue weighted by Crippen LogP contribution is 2.40. The number of ketones is 1. The monoisotopic (exact) mass is 348 g/mol. The number of piperidine rings is 1. The number of likely N-dealkylation sites (tertiary alicyclic amines) is 1. The molecule has 1 saturated heterocycles. The lowest BCUT2D eigenvalue weighted by molar-refractivity contribution is -0.137. The number of carbonyl (C=O) groups excluding carboxylic acids is 2. The summed E-state index contributed by atoms with van der Waals surface area (Å²) in [6, 6.07) is 0. The zero-order valence-electron chi connectivity index (χ0n) is 16.1. The zero-order valence-corrected chi connectivity index (χ0v) is 16.1. The maximum Gasteiger partial charge on any atom is 0.223 e. The molecule has 25 heavy (non-hydrogen) atoms. The summed E-state index contributed by atoms with van der Waals surface area (Å²) >= 11 is 0. The van der Waals surface area contributed by atoms with Gasteiger partial charge in [0.25, 0.3) is 0 Å². The number of hydrogen-bond acceptors (Lipinski definition) is 3. The zero-order chi connectivity index (χ0) is 17.8. The van der Waals surface area contributed by atoms with Crippen LogP contribution >= 0.6 is 0 Å². The molecule has 1 aliphatic heterocycles. The molecule has 0 radical (unpaired) electrons. The van der Waals surface area contributed by atoms with E-state index in [1.807, 2.05) is 0 Å². The van der Waals surface area contributed by atoms with Crippen LogP contribution in [0.5, 0.6) is 0 Å². The van der Waals surface area contributed by atoms with E-state index >= 15 is 0 Å². The molecule has 2 atom stereocenters. The lowest BCUT2D eigenvalue weighted by Gasteiger charge is -2.37. The molecule has 0 aromatic heterocycles. The van der Waals surface area contributed by atoms with Crippen LogP contribution in [0.4, 0.5) is 0 Å². The quantitative estimate of drug-likeness (QED) is 0.801. The molecule has 3 aliphatic rings. The van der Waals surface area contributed by atoms with Gasteiger partial charge in [0.2, 0.25) is 5.91 Å². The molecule has 2 unspecified atom stereocenters. The molecular weight excluding hydrogens is 312 g/mol. The highest BCUT2D eigenvalue weighted by Gasteiger charge is 2.41. The van der Waals surface area contributed by atoms with Gasteiger partial charge in [0.15, 0.2) is 0 Å². The van der Waals surface area contributed by atoms with Crippen LogP contribution in [0.15, 0.2) is 0 Å². The number of nitrogens with one attached hydrogen (secondary N) is 1. The average molecular weight is 349 g/mol. The Balaban J connectivity index is 1.37. The Kier molecular flexibility index (Phi) is 6.54. The molecule has 0 aromatic carbocycles. The first-order chi connectivity index (χ1) is 12.0. The molecule has 3 rings (SSSR count). The molecule has 2 saturated carbocycles. The van der Waals surface area contributed by atoms with Crippen LogP contribution in [-0.4, -0.2) is 42.8 Å². The number of nitrogens with zero attached hydrogens (tertiary/aromatic N) is 1. The van der Waals surface area contributed by atoms with Crippen LogP contribution in [0.2, 0.25) is 0 Å². The predicted octanol–water partition coefficient (Wildman–Crippen LogP) is 3.26. The second-order valence-corrected chi connectivity index (χ2v) is 9.11. The van der Waals surface area contributed by atoms with E-state index in [1.165, 1.54) is 45.3 Å². The molecular formula is C21H36N2O2. The van der Waals surface area contributed by atoms with Crippen molar-refractivity contribution >= 4 is 11.7 Å². The summed E-state index contributed by atoms with van der Waals surface area (Å²) in [5, 5.41) is 3.22. The number of fused-ring (bicyclic) bond motifs is 2. The van der Waals surface area contributed by atoms with Gasteiger partial charge in [0, 0.05) is 24.3 Å². The maximum atomic E-state index is 12.6. The predicted molar refractivity (Wildman–Crippen MR) is 100 cm³/mol. The Labute approximate surface area is 153 Å². The van der Waals surface area contributed by atoms with Crippen LogP contribution in [0.1, 0.15) is 65.2 Å². The summed E-state index contributed by atoms with van der Waals surface area (Å²) in [4.78, 5) is 27.3. The van der Waals surface area contributed by atoms with Crippen molar-refractivity contribution < 1.29 is 9.59 Å². The van der Waals surface area contributed by atoms with Crippen molar-refractivity contribution in [2.24, 2.45) is 29.6 Å². The summed E-state index contributed by atoms with van der Waals surface area (Å²) in [6.45, 7) is 8.97. The molecule has 1 amide bonds. The summed E-state index contributed by atoms with van der Waals surface area (Å²) in [5.41, 5.74) is 0. The number of amides is 1. The van der Waals surface area contributed by atoms with Gasteiger partial charge in [-0.1, -0.05) is 20.3 Å². The van der Waals surface area contributed by atoms with E-state index in [1.54, 1.807) is 0 Å². The van der Waals surface area contributed by atoms with Gasteiger partial charge >= 0.3 is 0 Å². The molecule has 0 spiro atoms. The Morgan fingerprint density at radius 3 is 2.36 bits per heavy atom. The molecule has 2 bridgehead atoms. The number of carbonyl (C=O) groups is 2. The van der Waals surface area contributed by atoms with Crippen LogP contribution in [0, 0.1) is 29.6 Å². The summed E-state index contributed by atoms with van der Waals surface area (Å²) in [6.07, 6.45) is 8.47. The van der Waals surface area contributed by atoms with E-state index in [0.29, 0.717) is 11.7 Å². The largest absolute Gasteiger partial charge is 0.356 e. The first kappa shape index (κ1) is 18.9. The Morgan fingerprint density at radius 1 is 1.12 bits per heavy atom. The average Bonchev–Trinajstić information content (AvgIpc) is 2.58. The van der Waals surface area contributed by atoms with Crippen molar-refractivity contribution in [2.45, 2.75) is 65.2 Å². The molecule has 0 aromatic rings. The Bertz CT molecular complexity index is 453. The first-order valence-corrected chi connectivity index (χ1v) is 10.6. The van der Waals surface area contributed by atoms with E-state index in [2.05, 4.69) is 24.1 Å². The second-order valence-electron chi connectivity index (χ2n) is 9.11. The molecule has 4 nitrogen and oxygen atoms in total. The molecule has 1 N–H and O–H groups in total. The minimum absolute atomic E-state index is 0.0825. The normalized spacial score (nSPS) is 31.3. The standard InChI is InChI=1S/C21H36N2O2/c1-15(2)6-9-23-10-7-16(8-11-23)14-22-21(25)19-12-17-4-3-5-18(13-19)20(17)24/h15-19H,3-14H2,1-2H3,(H,22,25). The van der Waals surface area contributed by atoms with Crippen molar-refractivity contribution in [2.75, 3.05) is 26.2 Å². The topological polar surface area (TPSA) is 49.4 Å². The van der Waals surface area contributed by atoms with Crippen molar-refractivity contribution in [3.63, 3.8) is 0 Å². The maximum absolute atomic E-state index is 12.6. The summed E-state index contributed by atoms with van der Waals surface area (Å²) in [5.74, 6) is 2.50. The molecule has 1 heterocycles. The fourth-order valence-corrected chi connectivity index (χ4v) is 4.94. The van der Waals surface area contributed by atoms with Gasteiger partial charge in [-0.05, 0) is 76.4 Å². The van der Waals surface area contributed by atoms with Crippen LogP contribution in [0.25, 0.3) is 0 Å². The lowest BCUT2D eigenvalue weighted by Crippen LogP contribution is -2.44. The van der Waals surface area contributed by atoms with Crippen molar-refractivity contribution in [1.82, 2.24) is 10.2 Å². The fraction of sp³-hybridized carbons (Fsp3) is 0.905. The van der Waals surface area contributed by atoms with Gasteiger partial charge in [0.1, 0.15) is 5.78 Å². The van der Waals surface area contributed by atoms with Gasteiger partial charge < -0.3 is 10.2 Å². The molecule has 4 heteroatoms. The third-order valence-electron chi connectivity index (χ3n) is 6.71. The van der Waals surface area contributed by atoms with Crippen LogP contribution < -0.4 is 5.32 Å². The number of Topliss-reactive ketones (excluding diaryl/α,β-unsaturated/α-hetero) is 1. The Hall–Kier alpha value is -0.900.